The molecule has 0 unspecified atom stereocenters. The smallest absolute Gasteiger partial charge is 0.259 e. The molecule has 0 spiro atoms. The molecular weight excluding hydrogens is 356 g/mol. The van der Waals surface area contributed by atoms with Crippen LogP contribution in [0.2, 0.25) is 0 Å². The van der Waals surface area contributed by atoms with E-state index in [1.54, 1.807) is 18.0 Å². The van der Waals surface area contributed by atoms with Gasteiger partial charge < -0.3 is 5.32 Å². The number of hydrogen-bond donors (Lipinski definition) is 1. The number of halogens is 1. The monoisotopic (exact) mass is 370 g/mol. The Hall–Kier alpha value is -1.59. The summed E-state index contributed by atoms with van der Waals surface area (Å²) in [6, 6.07) is 3.81. The number of hydrogen-bond acceptors (Lipinski definition) is 5. The summed E-state index contributed by atoms with van der Waals surface area (Å²) in [5.41, 5.74) is 0.974. The van der Waals surface area contributed by atoms with Crippen molar-refractivity contribution in [1.82, 2.24) is 10.3 Å². The molecule has 1 heterocycles. The number of terminal acetylenes is 1. The van der Waals surface area contributed by atoms with Crippen LogP contribution < -0.4 is 5.32 Å². The maximum Gasteiger partial charge on any atom is 0.259 e. The summed E-state index contributed by atoms with van der Waals surface area (Å²) in [6.45, 7) is 0.398. The van der Waals surface area contributed by atoms with E-state index in [0.717, 1.165) is 21.7 Å². The molecule has 0 saturated heterocycles. The van der Waals surface area contributed by atoms with Crippen molar-refractivity contribution in [2.45, 2.75) is 5.75 Å². The van der Waals surface area contributed by atoms with Crippen molar-refractivity contribution in [2.75, 3.05) is 25.4 Å². The van der Waals surface area contributed by atoms with E-state index in [4.69, 9.17) is 6.42 Å². The molecule has 0 aliphatic carbocycles. The van der Waals surface area contributed by atoms with E-state index in [-0.39, 0.29) is 13.1 Å². The lowest BCUT2D eigenvalue weighted by atomic mass is 10.4. The molecule has 0 amide bonds. The van der Waals surface area contributed by atoms with Gasteiger partial charge in [-0.3, -0.25) is 20.1 Å². The Morgan fingerprint density at radius 3 is 3.14 bits per heavy atom. The van der Waals surface area contributed by atoms with Gasteiger partial charge >= 0.3 is 0 Å². The topological polar surface area (TPSA) is 80.4 Å². The number of nitro groups is 1. The van der Waals surface area contributed by atoms with Crippen LogP contribution in [0.4, 0.5) is 0 Å². The molecule has 6 nitrogen and oxygen atoms in total. The predicted molar refractivity (Wildman–Crippen MR) is 89.1 cm³/mol. The molecule has 0 aromatic carbocycles. The van der Waals surface area contributed by atoms with Gasteiger partial charge in [0.25, 0.3) is 6.54 Å². The fourth-order valence-electron chi connectivity index (χ4n) is 1.38. The molecule has 21 heavy (non-hydrogen) atoms. The molecule has 0 aliphatic rings. The maximum atomic E-state index is 10.5. The molecule has 1 N–H and O–H groups in total. The Kier molecular flexibility index (Phi) is 8.47. The average molecular weight is 371 g/mol. The van der Waals surface area contributed by atoms with Crippen molar-refractivity contribution in [3.8, 4) is 12.3 Å². The number of rotatable bonds is 8. The number of pyridine rings is 1. The first-order chi connectivity index (χ1) is 10.1. The quantitative estimate of drug-likeness (QED) is 0.189. The first-order valence-electron chi connectivity index (χ1n) is 6.13. The molecule has 0 fully saturated rings. The van der Waals surface area contributed by atoms with Crippen LogP contribution in [0.3, 0.4) is 0 Å². The van der Waals surface area contributed by atoms with Crippen molar-refractivity contribution in [3.05, 3.63) is 38.6 Å². The highest BCUT2D eigenvalue weighted by molar-refractivity contribution is 9.10. The van der Waals surface area contributed by atoms with Crippen molar-refractivity contribution >= 4 is 33.5 Å². The fourth-order valence-corrected chi connectivity index (χ4v) is 2.74. The standard InChI is InChI=1S/C13H15BrN4O2S/c1-2-5-16-13(9-18(19)20)17-7-8-21-10-12-11(14)4-3-6-15-12/h1,3-4,6H,5,7-10H2,(H,16,17). The Bertz CT molecular complexity index is 545. The number of nitrogens with one attached hydrogen (secondary N) is 1. The molecule has 0 saturated carbocycles. The molecule has 1 aromatic rings. The molecule has 0 aliphatic heterocycles. The molecule has 0 bridgehead atoms. The van der Waals surface area contributed by atoms with Gasteiger partial charge in [0.15, 0.2) is 5.84 Å². The summed E-state index contributed by atoms with van der Waals surface area (Å²) in [5.74, 6) is 4.20. The van der Waals surface area contributed by atoms with Crippen LogP contribution in [0, 0.1) is 22.5 Å². The van der Waals surface area contributed by atoms with E-state index >= 15 is 0 Å². The SMILES string of the molecule is C#CCNC(C[N+](=O)[O-])=NCCSCc1ncccc1Br. The van der Waals surface area contributed by atoms with Crippen LogP contribution in [0.5, 0.6) is 0 Å². The summed E-state index contributed by atoms with van der Waals surface area (Å²) in [4.78, 5) is 18.5. The Labute approximate surface area is 136 Å². The summed E-state index contributed by atoms with van der Waals surface area (Å²) in [5, 5.41) is 13.3. The van der Waals surface area contributed by atoms with Crippen molar-refractivity contribution in [3.63, 3.8) is 0 Å². The summed E-state index contributed by atoms with van der Waals surface area (Å²) >= 11 is 5.10. The first kappa shape index (κ1) is 17.5. The molecule has 1 rings (SSSR count). The van der Waals surface area contributed by atoms with E-state index in [1.165, 1.54) is 0 Å². The van der Waals surface area contributed by atoms with Crippen LogP contribution in [0.15, 0.2) is 27.8 Å². The number of aromatic nitrogens is 1. The highest BCUT2D eigenvalue weighted by atomic mass is 79.9. The minimum atomic E-state index is -0.430. The third kappa shape index (κ3) is 7.68. The third-order valence-corrected chi connectivity index (χ3v) is 3.96. The minimum Gasteiger partial charge on any atom is -0.357 e. The number of thioether (sulfide) groups is 1. The summed E-state index contributed by atoms with van der Waals surface area (Å²) < 4.78 is 0.978. The van der Waals surface area contributed by atoms with Crippen LogP contribution in [-0.2, 0) is 5.75 Å². The lowest BCUT2D eigenvalue weighted by Crippen LogP contribution is -2.31. The first-order valence-corrected chi connectivity index (χ1v) is 8.08. The maximum absolute atomic E-state index is 10.5. The second kappa shape index (κ2) is 10.2. The number of nitrogens with zero attached hydrogens (tertiary/aromatic N) is 3. The van der Waals surface area contributed by atoms with Gasteiger partial charge in [-0.15, -0.1) is 6.42 Å². The van der Waals surface area contributed by atoms with Crippen LogP contribution in [-0.4, -0.2) is 41.1 Å². The zero-order valence-corrected chi connectivity index (χ0v) is 13.7. The van der Waals surface area contributed by atoms with Gasteiger partial charge in [0, 0.05) is 27.1 Å². The highest BCUT2D eigenvalue weighted by Crippen LogP contribution is 2.18. The molecular formula is C13H15BrN4O2S. The van der Waals surface area contributed by atoms with E-state index in [9.17, 15) is 10.1 Å². The van der Waals surface area contributed by atoms with Gasteiger partial charge in [-0.2, -0.15) is 11.8 Å². The van der Waals surface area contributed by atoms with Crippen LogP contribution in [0.25, 0.3) is 0 Å². The van der Waals surface area contributed by atoms with E-state index < -0.39 is 4.92 Å². The second-order valence-electron chi connectivity index (χ2n) is 3.86. The zero-order valence-electron chi connectivity index (χ0n) is 11.3. The number of amidine groups is 1. The highest BCUT2D eigenvalue weighted by Gasteiger charge is 2.06. The Morgan fingerprint density at radius 2 is 2.48 bits per heavy atom. The number of aliphatic imine (C=N–C) groups is 1. The predicted octanol–water partition coefficient (Wildman–Crippen LogP) is 1.98. The second-order valence-corrected chi connectivity index (χ2v) is 5.82. The summed E-state index contributed by atoms with van der Waals surface area (Å²) in [7, 11) is 0. The van der Waals surface area contributed by atoms with Gasteiger partial charge in [0.2, 0.25) is 0 Å². The molecule has 0 atom stereocenters. The van der Waals surface area contributed by atoms with Gasteiger partial charge in [0.1, 0.15) is 0 Å². The van der Waals surface area contributed by atoms with Crippen LogP contribution in [0.1, 0.15) is 5.69 Å². The lowest BCUT2D eigenvalue weighted by Gasteiger charge is -2.04. The van der Waals surface area contributed by atoms with Gasteiger partial charge in [-0.25, -0.2) is 0 Å². The Morgan fingerprint density at radius 1 is 1.67 bits per heavy atom. The normalized spacial score (nSPS) is 11.0. The average Bonchev–Trinajstić information content (AvgIpc) is 2.45. The fraction of sp³-hybridized carbons (Fsp3) is 0.385. The van der Waals surface area contributed by atoms with Crippen molar-refractivity contribution < 1.29 is 4.92 Å². The molecule has 0 radical (unpaired) electrons. The van der Waals surface area contributed by atoms with Gasteiger partial charge in [0.05, 0.1) is 18.8 Å². The molecule has 1 aromatic heterocycles. The lowest BCUT2D eigenvalue weighted by molar-refractivity contribution is -0.463. The van der Waals surface area contributed by atoms with Crippen molar-refractivity contribution in [2.24, 2.45) is 4.99 Å². The van der Waals surface area contributed by atoms with E-state index in [2.05, 4.69) is 37.1 Å². The molecule has 112 valence electrons. The van der Waals surface area contributed by atoms with Crippen LogP contribution >= 0.6 is 27.7 Å². The van der Waals surface area contributed by atoms with Gasteiger partial charge in [-0.1, -0.05) is 5.92 Å². The molecule has 8 heteroatoms. The van der Waals surface area contributed by atoms with E-state index in [1.807, 2.05) is 12.1 Å². The zero-order chi connectivity index (χ0) is 15.5. The Balaban J connectivity index is 2.35. The largest absolute Gasteiger partial charge is 0.357 e. The minimum absolute atomic E-state index is 0.237. The third-order valence-electron chi connectivity index (χ3n) is 2.29. The van der Waals surface area contributed by atoms with Gasteiger partial charge in [-0.05, 0) is 28.1 Å². The van der Waals surface area contributed by atoms with E-state index in [0.29, 0.717) is 12.4 Å². The summed E-state index contributed by atoms with van der Waals surface area (Å²) in [6.07, 6.45) is 6.86. The van der Waals surface area contributed by atoms with Crippen molar-refractivity contribution in [1.29, 1.82) is 0 Å².